The lowest BCUT2D eigenvalue weighted by Crippen LogP contribution is -2.35. The molecule has 0 saturated carbocycles. The average molecular weight is 415 g/mol. The van der Waals surface area contributed by atoms with Crippen LogP contribution in [0, 0.1) is 5.92 Å². The Kier molecular flexibility index (Phi) is 6.26. The first-order valence-electron chi connectivity index (χ1n) is 10.3. The van der Waals surface area contributed by atoms with Crippen molar-refractivity contribution in [3.05, 3.63) is 95.8 Å². The molecule has 1 N–H and O–H groups in total. The highest BCUT2D eigenvalue weighted by molar-refractivity contribution is 5.95. The molecule has 2 heterocycles. The molecule has 6 nitrogen and oxygen atoms in total. The van der Waals surface area contributed by atoms with E-state index in [0.717, 1.165) is 16.9 Å². The first-order chi connectivity index (χ1) is 15.2. The van der Waals surface area contributed by atoms with Crippen molar-refractivity contribution in [3.63, 3.8) is 0 Å². The highest BCUT2D eigenvalue weighted by Crippen LogP contribution is 2.35. The molecule has 0 bridgehead atoms. The molecule has 0 aliphatic carbocycles. The van der Waals surface area contributed by atoms with Gasteiger partial charge in [0.05, 0.1) is 13.0 Å². The van der Waals surface area contributed by atoms with Gasteiger partial charge in [-0.3, -0.25) is 14.6 Å². The van der Waals surface area contributed by atoms with Gasteiger partial charge in [-0.05, 0) is 47.5 Å². The van der Waals surface area contributed by atoms with Gasteiger partial charge in [0, 0.05) is 43.5 Å². The Morgan fingerprint density at radius 1 is 1.03 bits per heavy atom. The number of benzene rings is 2. The Morgan fingerprint density at radius 2 is 1.81 bits per heavy atom. The number of hydrogen-bond acceptors (Lipinski definition) is 4. The van der Waals surface area contributed by atoms with Crippen LogP contribution in [0.4, 0.5) is 0 Å². The van der Waals surface area contributed by atoms with Gasteiger partial charge in [-0.15, -0.1) is 0 Å². The number of hydrogen-bond donors (Lipinski definition) is 1. The molecule has 0 radical (unpaired) electrons. The summed E-state index contributed by atoms with van der Waals surface area (Å²) in [5.41, 5.74) is 2.60. The van der Waals surface area contributed by atoms with Gasteiger partial charge >= 0.3 is 0 Å². The number of amides is 2. The molecular weight excluding hydrogens is 390 g/mol. The van der Waals surface area contributed by atoms with E-state index in [0.29, 0.717) is 25.2 Å². The molecule has 2 atom stereocenters. The highest BCUT2D eigenvalue weighted by Gasteiger charge is 2.40. The highest BCUT2D eigenvalue weighted by atomic mass is 16.5. The number of carbonyl (C=O) groups excluding carboxylic acids is 2. The third-order valence-corrected chi connectivity index (χ3v) is 5.70. The molecule has 2 amide bonds. The van der Waals surface area contributed by atoms with Crippen LogP contribution in [-0.2, 0) is 11.3 Å². The normalized spacial score (nSPS) is 17.9. The monoisotopic (exact) mass is 415 g/mol. The fraction of sp³-hybridized carbons (Fsp3) is 0.240. The van der Waals surface area contributed by atoms with E-state index >= 15 is 0 Å². The molecular formula is C25H25N3O3. The zero-order valence-electron chi connectivity index (χ0n) is 17.4. The fourth-order valence-electron chi connectivity index (χ4n) is 4.03. The molecule has 6 heteroatoms. The summed E-state index contributed by atoms with van der Waals surface area (Å²) in [5.74, 6) is 0.161. The minimum absolute atomic E-state index is 0.0575. The molecule has 2 aromatic carbocycles. The molecule has 1 aliphatic rings. The second kappa shape index (κ2) is 9.43. The maximum absolute atomic E-state index is 13.2. The molecule has 1 saturated heterocycles. The summed E-state index contributed by atoms with van der Waals surface area (Å²) in [6.45, 7) is 1.28. The van der Waals surface area contributed by atoms with Gasteiger partial charge in [0.2, 0.25) is 5.91 Å². The van der Waals surface area contributed by atoms with Crippen LogP contribution in [-0.4, -0.2) is 41.9 Å². The molecule has 1 fully saturated rings. The molecule has 0 spiro atoms. The van der Waals surface area contributed by atoms with E-state index in [2.05, 4.69) is 10.3 Å². The molecule has 1 aliphatic heterocycles. The largest absolute Gasteiger partial charge is 0.497 e. The smallest absolute Gasteiger partial charge is 0.253 e. The lowest BCUT2D eigenvalue weighted by Gasteiger charge is -2.18. The van der Waals surface area contributed by atoms with Gasteiger partial charge in [-0.25, -0.2) is 0 Å². The predicted octanol–water partition coefficient (Wildman–Crippen LogP) is 3.26. The number of pyridine rings is 1. The maximum Gasteiger partial charge on any atom is 0.253 e. The summed E-state index contributed by atoms with van der Waals surface area (Å²) in [5, 5.41) is 3.03. The lowest BCUT2D eigenvalue weighted by atomic mass is 9.88. The fourth-order valence-corrected chi connectivity index (χ4v) is 4.03. The van der Waals surface area contributed by atoms with Gasteiger partial charge in [0.15, 0.2) is 0 Å². The van der Waals surface area contributed by atoms with Gasteiger partial charge in [-0.1, -0.05) is 30.3 Å². The van der Waals surface area contributed by atoms with E-state index in [4.69, 9.17) is 4.74 Å². The Morgan fingerprint density at radius 3 is 2.55 bits per heavy atom. The third kappa shape index (κ3) is 4.74. The SMILES string of the molecule is COc1cccc(C2CN(C(=O)c3ccccc3)CC2C(=O)NCc2ccncc2)c1. The molecule has 4 rings (SSSR count). The Bertz CT molecular complexity index is 1040. The number of aromatic nitrogens is 1. The molecule has 1 aromatic heterocycles. The second-order valence-corrected chi connectivity index (χ2v) is 7.64. The van der Waals surface area contributed by atoms with Crippen molar-refractivity contribution in [1.82, 2.24) is 15.2 Å². The standard InChI is InChI=1S/C25H25N3O3/c1-31-21-9-5-8-20(14-21)22-16-28(25(30)19-6-3-2-4-7-19)17-23(22)24(29)27-15-18-10-12-26-13-11-18/h2-14,22-23H,15-17H2,1H3,(H,27,29). The number of ether oxygens (including phenoxy) is 1. The Balaban J connectivity index is 1.56. The number of nitrogens with zero attached hydrogens (tertiary/aromatic N) is 2. The summed E-state index contributed by atoms with van der Waals surface area (Å²) >= 11 is 0. The van der Waals surface area contributed by atoms with Crippen LogP contribution in [0.1, 0.15) is 27.4 Å². The minimum Gasteiger partial charge on any atom is -0.497 e. The van der Waals surface area contributed by atoms with Crippen LogP contribution in [0.15, 0.2) is 79.1 Å². The van der Waals surface area contributed by atoms with Crippen LogP contribution in [0.5, 0.6) is 5.75 Å². The maximum atomic E-state index is 13.2. The summed E-state index contributed by atoms with van der Waals surface area (Å²) in [4.78, 5) is 32.0. The Labute approximate surface area is 181 Å². The minimum atomic E-state index is -0.346. The molecule has 158 valence electrons. The zero-order chi connectivity index (χ0) is 21.6. The number of nitrogens with one attached hydrogen (secondary N) is 1. The van der Waals surface area contributed by atoms with E-state index in [1.807, 2.05) is 54.6 Å². The van der Waals surface area contributed by atoms with Gasteiger partial charge in [0.25, 0.3) is 5.91 Å². The van der Waals surface area contributed by atoms with E-state index in [-0.39, 0.29) is 23.7 Å². The molecule has 2 unspecified atom stereocenters. The number of methoxy groups -OCH3 is 1. The molecule has 31 heavy (non-hydrogen) atoms. The first-order valence-corrected chi connectivity index (χ1v) is 10.3. The van der Waals surface area contributed by atoms with Crippen molar-refractivity contribution >= 4 is 11.8 Å². The quantitative estimate of drug-likeness (QED) is 0.671. The number of carbonyl (C=O) groups is 2. The summed E-state index contributed by atoms with van der Waals surface area (Å²) in [6.07, 6.45) is 3.41. The van der Waals surface area contributed by atoms with E-state index in [9.17, 15) is 9.59 Å². The lowest BCUT2D eigenvalue weighted by molar-refractivity contribution is -0.125. The zero-order valence-corrected chi connectivity index (χ0v) is 17.4. The van der Waals surface area contributed by atoms with Gasteiger partial charge < -0.3 is 15.0 Å². The predicted molar refractivity (Wildman–Crippen MR) is 118 cm³/mol. The van der Waals surface area contributed by atoms with E-state index < -0.39 is 0 Å². The molecule has 3 aromatic rings. The van der Waals surface area contributed by atoms with Crippen LogP contribution in [0.3, 0.4) is 0 Å². The van der Waals surface area contributed by atoms with Gasteiger partial charge in [-0.2, -0.15) is 0 Å². The average Bonchev–Trinajstić information content (AvgIpc) is 3.29. The van der Waals surface area contributed by atoms with E-state index in [1.54, 1.807) is 36.5 Å². The van der Waals surface area contributed by atoms with Crippen molar-refractivity contribution in [2.75, 3.05) is 20.2 Å². The van der Waals surface area contributed by atoms with Crippen molar-refractivity contribution in [3.8, 4) is 5.75 Å². The Hall–Kier alpha value is -3.67. The topological polar surface area (TPSA) is 71.5 Å². The summed E-state index contributed by atoms with van der Waals surface area (Å²) in [6, 6.07) is 20.7. The van der Waals surface area contributed by atoms with Crippen LogP contribution in [0.25, 0.3) is 0 Å². The van der Waals surface area contributed by atoms with Crippen molar-refractivity contribution < 1.29 is 14.3 Å². The van der Waals surface area contributed by atoms with Gasteiger partial charge in [0.1, 0.15) is 5.75 Å². The van der Waals surface area contributed by atoms with Crippen molar-refractivity contribution in [2.45, 2.75) is 12.5 Å². The van der Waals surface area contributed by atoms with E-state index in [1.165, 1.54) is 0 Å². The summed E-state index contributed by atoms with van der Waals surface area (Å²) < 4.78 is 5.37. The summed E-state index contributed by atoms with van der Waals surface area (Å²) in [7, 11) is 1.62. The third-order valence-electron chi connectivity index (χ3n) is 5.70. The first kappa shape index (κ1) is 20.6. The number of rotatable bonds is 6. The van der Waals surface area contributed by atoms with Crippen molar-refractivity contribution in [2.24, 2.45) is 5.92 Å². The van der Waals surface area contributed by atoms with Crippen molar-refractivity contribution in [1.29, 1.82) is 0 Å². The number of likely N-dealkylation sites (tertiary alicyclic amines) is 1. The van der Waals surface area contributed by atoms with Crippen LogP contribution < -0.4 is 10.1 Å². The van der Waals surface area contributed by atoms with Crippen LogP contribution in [0.2, 0.25) is 0 Å². The van der Waals surface area contributed by atoms with Crippen LogP contribution >= 0.6 is 0 Å². The second-order valence-electron chi connectivity index (χ2n) is 7.64.